The fourth-order valence-electron chi connectivity index (χ4n) is 2.37. The zero-order valence-electron chi connectivity index (χ0n) is 9.61. The molecular weight excluding hydrogens is 224 g/mol. The Morgan fingerprint density at radius 3 is 2.44 bits per heavy atom. The Morgan fingerprint density at radius 2 is 1.94 bits per heavy atom. The Morgan fingerprint density at radius 1 is 1.25 bits per heavy atom. The van der Waals surface area contributed by atoms with E-state index in [9.17, 15) is 9.59 Å². The van der Waals surface area contributed by atoms with Crippen LogP contribution in [0.3, 0.4) is 0 Å². The van der Waals surface area contributed by atoms with Crippen molar-refractivity contribution in [1.82, 2.24) is 9.80 Å². The topological polar surface area (TPSA) is 40.6 Å². The molecular formula is C11H18N2O2S. The standard InChI is InChI=1S/C11H18N2O2S/c1-12-5-6-13(10(15)9(12)14)7-11(8-16)3-2-4-11/h16H,2-8H2,1H3. The number of likely N-dealkylation sites (N-methyl/N-ethyl adjacent to an activating group) is 1. The molecule has 1 aliphatic heterocycles. The molecule has 1 saturated carbocycles. The van der Waals surface area contributed by atoms with Crippen LogP contribution in [0, 0.1) is 5.41 Å². The van der Waals surface area contributed by atoms with Crippen LogP contribution in [-0.4, -0.2) is 54.0 Å². The first-order chi connectivity index (χ1) is 7.58. The number of amides is 2. The molecule has 0 bridgehead atoms. The smallest absolute Gasteiger partial charge is 0.312 e. The summed E-state index contributed by atoms with van der Waals surface area (Å²) in [5.74, 6) is 0.0857. The average Bonchev–Trinajstić information content (AvgIpc) is 2.23. The maximum absolute atomic E-state index is 11.8. The lowest BCUT2D eigenvalue weighted by Crippen LogP contribution is -2.56. The van der Waals surface area contributed by atoms with Crippen LogP contribution >= 0.6 is 12.6 Å². The highest BCUT2D eigenvalue weighted by Crippen LogP contribution is 2.42. The molecule has 0 spiro atoms. The Balaban J connectivity index is 2.00. The first-order valence-electron chi connectivity index (χ1n) is 5.73. The maximum atomic E-state index is 11.8. The van der Waals surface area contributed by atoms with E-state index in [1.807, 2.05) is 0 Å². The molecule has 0 aromatic heterocycles. The molecule has 1 aliphatic carbocycles. The van der Waals surface area contributed by atoms with Gasteiger partial charge in [0, 0.05) is 26.7 Å². The molecule has 5 heteroatoms. The van der Waals surface area contributed by atoms with Crippen LogP contribution in [0.2, 0.25) is 0 Å². The molecule has 0 N–H and O–H groups in total. The van der Waals surface area contributed by atoms with Crippen molar-refractivity contribution in [2.24, 2.45) is 5.41 Å². The van der Waals surface area contributed by atoms with Gasteiger partial charge in [-0.05, 0) is 24.0 Å². The molecule has 0 unspecified atom stereocenters. The maximum Gasteiger partial charge on any atom is 0.312 e. The average molecular weight is 242 g/mol. The highest BCUT2D eigenvalue weighted by molar-refractivity contribution is 7.80. The molecule has 1 saturated heterocycles. The second-order valence-corrected chi connectivity index (χ2v) is 5.28. The zero-order valence-corrected chi connectivity index (χ0v) is 10.5. The quantitative estimate of drug-likeness (QED) is 0.574. The van der Waals surface area contributed by atoms with E-state index in [2.05, 4.69) is 12.6 Å². The van der Waals surface area contributed by atoms with Gasteiger partial charge in [0.2, 0.25) is 0 Å². The highest BCUT2D eigenvalue weighted by Gasteiger charge is 2.41. The molecule has 16 heavy (non-hydrogen) atoms. The number of rotatable bonds is 3. The third-order valence-corrected chi connectivity index (χ3v) is 4.47. The van der Waals surface area contributed by atoms with Crippen molar-refractivity contribution in [3.63, 3.8) is 0 Å². The van der Waals surface area contributed by atoms with Gasteiger partial charge in [0.15, 0.2) is 0 Å². The van der Waals surface area contributed by atoms with Crippen LogP contribution in [-0.2, 0) is 9.59 Å². The molecule has 4 nitrogen and oxygen atoms in total. The van der Waals surface area contributed by atoms with Gasteiger partial charge in [0.25, 0.3) is 0 Å². The van der Waals surface area contributed by atoms with E-state index in [4.69, 9.17) is 0 Å². The Kier molecular flexibility index (Phi) is 3.15. The Hall–Kier alpha value is -0.710. The summed E-state index contributed by atoms with van der Waals surface area (Å²) < 4.78 is 0. The second-order valence-electron chi connectivity index (χ2n) is 4.97. The SMILES string of the molecule is CN1CCN(CC2(CS)CCC2)C(=O)C1=O. The lowest BCUT2D eigenvalue weighted by atomic mass is 9.70. The largest absolute Gasteiger partial charge is 0.336 e. The number of nitrogens with zero attached hydrogens (tertiary/aromatic N) is 2. The monoisotopic (exact) mass is 242 g/mol. The molecule has 0 aromatic rings. The summed E-state index contributed by atoms with van der Waals surface area (Å²) in [6.07, 6.45) is 3.48. The lowest BCUT2D eigenvalue weighted by Gasteiger charge is -2.45. The summed E-state index contributed by atoms with van der Waals surface area (Å²) in [7, 11) is 1.68. The Labute approximate surface area is 101 Å². The van der Waals surface area contributed by atoms with E-state index in [1.54, 1.807) is 11.9 Å². The summed E-state index contributed by atoms with van der Waals surface area (Å²) in [4.78, 5) is 26.5. The normalized spacial score (nSPS) is 24.6. The van der Waals surface area contributed by atoms with Crippen molar-refractivity contribution in [3.05, 3.63) is 0 Å². The minimum atomic E-state index is -0.375. The van der Waals surface area contributed by atoms with Gasteiger partial charge in [0.05, 0.1) is 0 Å². The first-order valence-corrected chi connectivity index (χ1v) is 6.36. The fraction of sp³-hybridized carbons (Fsp3) is 0.818. The zero-order chi connectivity index (χ0) is 11.8. The Bertz CT molecular complexity index is 310. The minimum absolute atomic E-state index is 0.176. The number of thiol groups is 1. The highest BCUT2D eigenvalue weighted by atomic mass is 32.1. The van der Waals surface area contributed by atoms with E-state index in [0.717, 1.165) is 18.6 Å². The van der Waals surface area contributed by atoms with Crippen molar-refractivity contribution < 1.29 is 9.59 Å². The van der Waals surface area contributed by atoms with Crippen molar-refractivity contribution in [1.29, 1.82) is 0 Å². The summed E-state index contributed by atoms with van der Waals surface area (Å²) in [6.45, 7) is 2.01. The van der Waals surface area contributed by atoms with Crippen molar-refractivity contribution in [2.75, 3.05) is 32.4 Å². The van der Waals surface area contributed by atoms with E-state index in [1.165, 1.54) is 11.3 Å². The van der Waals surface area contributed by atoms with Crippen LogP contribution < -0.4 is 0 Å². The third kappa shape index (κ3) is 1.93. The predicted molar refractivity (Wildman–Crippen MR) is 64.4 cm³/mol. The number of carbonyl (C=O) groups excluding carboxylic acids is 2. The second kappa shape index (κ2) is 4.28. The minimum Gasteiger partial charge on any atom is -0.336 e. The third-order valence-electron chi connectivity index (χ3n) is 3.80. The van der Waals surface area contributed by atoms with Crippen LogP contribution in [0.4, 0.5) is 0 Å². The molecule has 2 amide bonds. The van der Waals surface area contributed by atoms with Gasteiger partial charge >= 0.3 is 11.8 Å². The van der Waals surface area contributed by atoms with Crippen LogP contribution in [0.25, 0.3) is 0 Å². The van der Waals surface area contributed by atoms with Crippen molar-refractivity contribution in [3.8, 4) is 0 Å². The first kappa shape index (κ1) is 11.8. The predicted octanol–water partition coefficient (Wildman–Crippen LogP) is 0.387. The summed E-state index contributed by atoms with van der Waals surface area (Å²) in [5.41, 5.74) is 0.176. The molecule has 0 radical (unpaired) electrons. The van der Waals surface area contributed by atoms with Gasteiger partial charge in [-0.3, -0.25) is 9.59 Å². The van der Waals surface area contributed by atoms with Gasteiger partial charge in [-0.15, -0.1) is 0 Å². The summed E-state index contributed by atoms with van der Waals surface area (Å²) in [6, 6.07) is 0. The van der Waals surface area contributed by atoms with Gasteiger partial charge in [-0.1, -0.05) is 6.42 Å². The molecule has 2 aliphatic rings. The number of hydrogen-bond acceptors (Lipinski definition) is 3. The number of carbonyl (C=O) groups is 2. The van der Waals surface area contributed by atoms with Crippen LogP contribution in [0.1, 0.15) is 19.3 Å². The lowest BCUT2D eigenvalue weighted by molar-refractivity contribution is -0.156. The number of hydrogen-bond donors (Lipinski definition) is 1. The van der Waals surface area contributed by atoms with Crippen LogP contribution in [0.5, 0.6) is 0 Å². The molecule has 2 fully saturated rings. The van der Waals surface area contributed by atoms with Gasteiger partial charge in [0.1, 0.15) is 0 Å². The van der Waals surface area contributed by atoms with Crippen molar-refractivity contribution >= 4 is 24.4 Å². The van der Waals surface area contributed by atoms with Gasteiger partial charge in [-0.2, -0.15) is 12.6 Å². The fourth-order valence-corrected chi connectivity index (χ4v) is 2.79. The van der Waals surface area contributed by atoms with Crippen LogP contribution in [0.15, 0.2) is 0 Å². The molecule has 0 aromatic carbocycles. The molecule has 0 atom stereocenters. The number of piperazine rings is 1. The van der Waals surface area contributed by atoms with Gasteiger partial charge in [-0.25, -0.2) is 0 Å². The van der Waals surface area contributed by atoms with E-state index < -0.39 is 0 Å². The van der Waals surface area contributed by atoms with Crippen molar-refractivity contribution in [2.45, 2.75) is 19.3 Å². The van der Waals surface area contributed by atoms with Gasteiger partial charge < -0.3 is 9.80 Å². The summed E-state index contributed by atoms with van der Waals surface area (Å²) >= 11 is 4.37. The molecule has 2 rings (SSSR count). The van der Waals surface area contributed by atoms with E-state index >= 15 is 0 Å². The van der Waals surface area contributed by atoms with E-state index in [0.29, 0.717) is 19.6 Å². The summed E-state index contributed by atoms with van der Waals surface area (Å²) in [5, 5.41) is 0. The molecule has 1 heterocycles. The van der Waals surface area contributed by atoms with E-state index in [-0.39, 0.29) is 17.2 Å². The molecule has 90 valence electrons.